The third-order valence-corrected chi connectivity index (χ3v) is 7.92. The fraction of sp³-hybridized carbons (Fsp3) is 0.167. The molecule has 0 saturated carbocycles. The zero-order valence-corrected chi connectivity index (χ0v) is 23.5. The second-order valence-corrected chi connectivity index (χ2v) is 10.6. The number of nitrogens with zero attached hydrogens (tertiary/aromatic N) is 2. The Bertz CT molecular complexity index is 1740. The van der Waals surface area contributed by atoms with E-state index in [4.69, 9.17) is 32.7 Å². The molecule has 0 amide bonds. The van der Waals surface area contributed by atoms with Crippen molar-refractivity contribution in [1.29, 1.82) is 0 Å². The molecular formula is C30H24Cl2N2O4S. The molecule has 2 heterocycles. The van der Waals surface area contributed by atoms with Gasteiger partial charge < -0.3 is 9.47 Å². The van der Waals surface area contributed by atoms with Crippen LogP contribution in [0.2, 0.25) is 10.0 Å². The first kappa shape index (κ1) is 26.9. The highest BCUT2D eigenvalue weighted by Crippen LogP contribution is 2.32. The Balaban J connectivity index is 1.56. The molecule has 4 aromatic rings. The van der Waals surface area contributed by atoms with Crippen LogP contribution in [0.3, 0.4) is 0 Å². The van der Waals surface area contributed by atoms with Crippen molar-refractivity contribution in [2.45, 2.75) is 26.5 Å². The lowest BCUT2D eigenvalue weighted by Crippen LogP contribution is -2.39. The normalized spacial score (nSPS) is 15.1. The Morgan fingerprint density at radius 1 is 1.05 bits per heavy atom. The number of halogens is 2. The van der Waals surface area contributed by atoms with E-state index in [2.05, 4.69) is 4.99 Å². The average Bonchev–Trinajstić information content (AvgIpc) is 3.23. The topological polar surface area (TPSA) is 69.9 Å². The highest BCUT2D eigenvalue weighted by Gasteiger charge is 2.33. The van der Waals surface area contributed by atoms with Crippen LogP contribution >= 0.6 is 34.5 Å². The summed E-state index contributed by atoms with van der Waals surface area (Å²) in [5.74, 6) is 0.167. The van der Waals surface area contributed by atoms with E-state index >= 15 is 0 Å². The molecule has 0 radical (unpaired) electrons. The number of allylic oxidation sites excluding steroid dienone is 1. The molecule has 198 valence electrons. The third kappa shape index (κ3) is 5.71. The van der Waals surface area contributed by atoms with Gasteiger partial charge in [-0.3, -0.25) is 9.36 Å². The number of benzene rings is 3. The highest BCUT2D eigenvalue weighted by molar-refractivity contribution is 7.07. The van der Waals surface area contributed by atoms with Crippen molar-refractivity contribution in [3.05, 3.63) is 130 Å². The third-order valence-electron chi connectivity index (χ3n) is 6.20. The summed E-state index contributed by atoms with van der Waals surface area (Å²) in [5.41, 5.74) is 3.08. The largest absolute Gasteiger partial charge is 0.489 e. The number of esters is 1. The van der Waals surface area contributed by atoms with Crippen molar-refractivity contribution < 1.29 is 14.3 Å². The van der Waals surface area contributed by atoms with E-state index in [-0.39, 0.29) is 12.2 Å². The van der Waals surface area contributed by atoms with Gasteiger partial charge in [-0.2, -0.15) is 0 Å². The maximum Gasteiger partial charge on any atom is 0.338 e. The average molecular weight is 580 g/mol. The highest BCUT2D eigenvalue weighted by atomic mass is 35.5. The smallest absolute Gasteiger partial charge is 0.338 e. The molecule has 1 atom stereocenters. The Kier molecular flexibility index (Phi) is 8.02. The lowest BCUT2D eigenvalue weighted by molar-refractivity contribution is -0.139. The van der Waals surface area contributed by atoms with E-state index in [1.54, 1.807) is 42.7 Å². The van der Waals surface area contributed by atoms with Gasteiger partial charge in [0.25, 0.3) is 5.56 Å². The van der Waals surface area contributed by atoms with Gasteiger partial charge in [0.05, 0.1) is 38.5 Å². The Labute approximate surface area is 239 Å². The predicted octanol–water partition coefficient (Wildman–Crippen LogP) is 5.68. The van der Waals surface area contributed by atoms with Crippen LogP contribution in [0, 0.1) is 0 Å². The number of hydrogen-bond donors (Lipinski definition) is 0. The molecule has 0 bridgehead atoms. The summed E-state index contributed by atoms with van der Waals surface area (Å²) in [4.78, 5) is 31.9. The summed E-state index contributed by atoms with van der Waals surface area (Å²) in [5, 5.41) is 0.826. The molecule has 1 aromatic heterocycles. The number of carbonyl (C=O) groups excluding carboxylic acids is 1. The van der Waals surface area contributed by atoms with Crippen molar-refractivity contribution in [3.8, 4) is 5.75 Å². The van der Waals surface area contributed by atoms with Gasteiger partial charge >= 0.3 is 5.97 Å². The molecule has 9 heteroatoms. The molecule has 0 fully saturated rings. The number of thiazole rings is 1. The van der Waals surface area contributed by atoms with E-state index in [1.165, 1.54) is 11.3 Å². The summed E-state index contributed by atoms with van der Waals surface area (Å²) in [7, 11) is 0. The zero-order chi connectivity index (χ0) is 27.5. The van der Waals surface area contributed by atoms with E-state index in [0.717, 1.165) is 16.7 Å². The Hall–Kier alpha value is -3.65. The van der Waals surface area contributed by atoms with Gasteiger partial charge in [-0.05, 0) is 60.9 Å². The number of fused-ring (bicyclic) bond motifs is 1. The van der Waals surface area contributed by atoms with Crippen LogP contribution in [0.4, 0.5) is 0 Å². The quantitative estimate of drug-likeness (QED) is 0.264. The summed E-state index contributed by atoms with van der Waals surface area (Å²) < 4.78 is 13.3. The fourth-order valence-electron chi connectivity index (χ4n) is 4.35. The zero-order valence-electron chi connectivity index (χ0n) is 21.2. The van der Waals surface area contributed by atoms with Crippen LogP contribution in [0.15, 0.2) is 93.9 Å². The number of aromatic nitrogens is 1. The van der Waals surface area contributed by atoms with Gasteiger partial charge in [0.1, 0.15) is 12.4 Å². The first-order valence-corrected chi connectivity index (χ1v) is 13.8. The van der Waals surface area contributed by atoms with Gasteiger partial charge in [0, 0.05) is 0 Å². The minimum Gasteiger partial charge on any atom is -0.489 e. The number of carbonyl (C=O) groups is 1. The maximum atomic E-state index is 13.7. The van der Waals surface area contributed by atoms with E-state index in [9.17, 15) is 9.59 Å². The molecular weight excluding hydrogens is 555 g/mol. The number of hydrogen-bond acceptors (Lipinski definition) is 6. The van der Waals surface area contributed by atoms with Gasteiger partial charge in [0.15, 0.2) is 4.80 Å². The van der Waals surface area contributed by atoms with E-state index < -0.39 is 12.0 Å². The molecule has 0 spiro atoms. The summed E-state index contributed by atoms with van der Waals surface area (Å²) in [6.45, 7) is 4.13. The summed E-state index contributed by atoms with van der Waals surface area (Å²) in [6.07, 6.45) is 1.74. The van der Waals surface area contributed by atoms with Crippen molar-refractivity contribution in [3.63, 3.8) is 0 Å². The Morgan fingerprint density at radius 3 is 2.49 bits per heavy atom. The molecule has 39 heavy (non-hydrogen) atoms. The summed E-state index contributed by atoms with van der Waals surface area (Å²) in [6, 6.07) is 21.7. The molecule has 3 aromatic carbocycles. The standard InChI is InChI=1S/C30H24Cl2N2O4S/c1-3-37-29(36)26-18(2)33-30-34(28(35)25(39-30)16-20-9-14-23(31)24(32)15-20)27(26)21-10-12-22(13-11-21)38-17-19-7-5-4-6-8-19/h4-16,27H,3,17H2,1-2H3. The molecule has 0 N–H and O–H groups in total. The molecule has 1 aliphatic heterocycles. The molecule has 1 unspecified atom stereocenters. The van der Waals surface area contributed by atoms with Crippen molar-refractivity contribution >= 4 is 46.6 Å². The molecule has 0 saturated heterocycles. The molecule has 0 aliphatic carbocycles. The van der Waals surface area contributed by atoms with Crippen LogP contribution in [0.5, 0.6) is 5.75 Å². The van der Waals surface area contributed by atoms with E-state index in [0.29, 0.717) is 43.0 Å². The van der Waals surface area contributed by atoms with Gasteiger partial charge in [-0.1, -0.05) is 83.1 Å². The van der Waals surface area contributed by atoms with Gasteiger partial charge in [-0.15, -0.1) is 0 Å². The lowest BCUT2D eigenvalue weighted by atomic mass is 9.96. The van der Waals surface area contributed by atoms with Crippen LogP contribution in [0.1, 0.15) is 36.6 Å². The second-order valence-electron chi connectivity index (χ2n) is 8.82. The van der Waals surface area contributed by atoms with Crippen LogP contribution in [-0.2, 0) is 16.1 Å². The van der Waals surface area contributed by atoms with Crippen LogP contribution in [0.25, 0.3) is 6.08 Å². The lowest BCUT2D eigenvalue weighted by Gasteiger charge is -2.24. The van der Waals surface area contributed by atoms with Crippen molar-refractivity contribution in [1.82, 2.24) is 4.57 Å². The minimum absolute atomic E-state index is 0.205. The second kappa shape index (κ2) is 11.6. The van der Waals surface area contributed by atoms with Crippen molar-refractivity contribution in [2.24, 2.45) is 4.99 Å². The molecule has 6 nitrogen and oxygen atoms in total. The first-order valence-electron chi connectivity index (χ1n) is 12.3. The van der Waals surface area contributed by atoms with E-state index in [1.807, 2.05) is 54.6 Å². The summed E-state index contributed by atoms with van der Waals surface area (Å²) >= 11 is 13.5. The van der Waals surface area contributed by atoms with Gasteiger partial charge in [-0.25, -0.2) is 9.79 Å². The minimum atomic E-state index is -0.709. The van der Waals surface area contributed by atoms with Gasteiger partial charge in [0.2, 0.25) is 0 Å². The molecule has 1 aliphatic rings. The predicted molar refractivity (Wildman–Crippen MR) is 154 cm³/mol. The van der Waals surface area contributed by atoms with Crippen molar-refractivity contribution in [2.75, 3.05) is 6.61 Å². The number of ether oxygens (including phenoxy) is 2. The molecule has 5 rings (SSSR count). The van der Waals surface area contributed by atoms with Crippen LogP contribution < -0.4 is 19.6 Å². The fourth-order valence-corrected chi connectivity index (χ4v) is 5.70. The maximum absolute atomic E-state index is 13.7. The first-order chi connectivity index (χ1) is 18.9. The number of rotatable bonds is 7. The SMILES string of the molecule is CCOC(=O)C1=C(C)N=c2sc(=Cc3ccc(Cl)c(Cl)c3)c(=O)n2C1c1ccc(OCc2ccccc2)cc1. The Morgan fingerprint density at radius 2 is 1.79 bits per heavy atom. The monoisotopic (exact) mass is 578 g/mol. The van der Waals surface area contributed by atoms with Crippen LogP contribution in [-0.4, -0.2) is 17.1 Å².